The van der Waals surface area contributed by atoms with E-state index in [0.717, 1.165) is 45.2 Å². The van der Waals surface area contributed by atoms with E-state index in [1.165, 1.54) is 6.42 Å². The average molecular weight is 332 g/mol. The van der Waals surface area contributed by atoms with Crippen LogP contribution in [0, 0.1) is 0 Å². The molecule has 3 rings (SSSR count). The molecule has 0 spiro atoms. The first-order valence-electron chi connectivity index (χ1n) is 9.05. The number of amides is 1. The minimum absolute atomic E-state index is 0.234. The number of hydrogen-bond acceptors (Lipinski definition) is 4. The molecule has 1 aromatic carbocycles. The molecule has 5 heteroatoms. The Morgan fingerprint density at radius 1 is 1.08 bits per heavy atom. The highest BCUT2D eigenvalue weighted by Crippen LogP contribution is 2.23. The van der Waals surface area contributed by atoms with E-state index in [9.17, 15) is 4.79 Å². The van der Waals surface area contributed by atoms with Crippen LogP contribution < -0.4 is 10.1 Å². The number of para-hydroxylation sites is 1. The van der Waals surface area contributed by atoms with E-state index < -0.39 is 0 Å². The molecule has 1 heterocycles. The molecule has 1 aliphatic carbocycles. The lowest BCUT2D eigenvalue weighted by Crippen LogP contribution is -2.39. The highest BCUT2D eigenvalue weighted by atomic mass is 16.6. The molecule has 132 valence electrons. The van der Waals surface area contributed by atoms with Crippen molar-refractivity contribution in [2.24, 2.45) is 0 Å². The molecule has 0 radical (unpaired) electrons. The SMILES string of the molecule is CO[C@@H]1CC[C@H](N[C@@H]2CCCN(C(=O)Oc3ccccc3)CC2)C1. The maximum Gasteiger partial charge on any atom is 0.415 e. The molecule has 5 nitrogen and oxygen atoms in total. The molecule has 0 aromatic heterocycles. The smallest absolute Gasteiger partial charge is 0.410 e. The predicted molar refractivity (Wildman–Crippen MR) is 93.2 cm³/mol. The van der Waals surface area contributed by atoms with Crippen LogP contribution in [0.5, 0.6) is 5.75 Å². The van der Waals surface area contributed by atoms with Crippen LogP contribution in [0.1, 0.15) is 38.5 Å². The molecular weight excluding hydrogens is 304 g/mol. The Balaban J connectivity index is 1.45. The van der Waals surface area contributed by atoms with Gasteiger partial charge in [0.2, 0.25) is 0 Å². The standard InChI is InChI=1S/C19H28N2O3/c1-23-18-10-9-16(14-18)20-15-6-5-12-21(13-11-15)19(22)24-17-7-3-2-4-8-17/h2-4,7-8,15-16,18,20H,5-6,9-14H2,1H3/t15-,16+,18-/m1/s1. The van der Waals surface area contributed by atoms with Gasteiger partial charge in [0, 0.05) is 32.3 Å². The van der Waals surface area contributed by atoms with Crippen LogP contribution in [0.3, 0.4) is 0 Å². The van der Waals surface area contributed by atoms with E-state index in [1.54, 1.807) is 7.11 Å². The first kappa shape index (κ1) is 17.2. The molecule has 1 aliphatic heterocycles. The highest BCUT2D eigenvalue weighted by molar-refractivity contribution is 5.70. The number of hydrogen-bond donors (Lipinski definition) is 1. The molecule has 3 atom stereocenters. The van der Waals surface area contributed by atoms with Crippen LogP contribution in [0.4, 0.5) is 4.79 Å². The van der Waals surface area contributed by atoms with Gasteiger partial charge in [0.05, 0.1) is 6.10 Å². The van der Waals surface area contributed by atoms with Gasteiger partial charge in [-0.25, -0.2) is 4.79 Å². The van der Waals surface area contributed by atoms with Gasteiger partial charge >= 0.3 is 6.09 Å². The van der Waals surface area contributed by atoms with Crippen LogP contribution in [-0.2, 0) is 4.74 Å². The van der Waals surface area contributed by atoms with Gasteiger partial charge in [0.1, 0.15) is 5.75 Å². The molecular formula is C19H28N2O3. The van der Waals surface area contributed by atoms with Gasteiger partial charge in [0.25, 0.3) is 0 Å². The topological polar surface area (TPSA) is 50.8 Å². The van der Waals surface area contributed by atoms with Crippen molar-refractivity contribution in [1.29, 1.82) is 0 Å². The summed E-state index contributed by atoms with van der Waals surface area (Å²) in [6.45, 7) is 1.53. The summed E-state index contributed by atoms with van der Waals surface area (Å²) in [5, 5.41) is 3.77. The van der Waals surface area contributed by atoms with Crippen molar-refractivity contribution in [3.05, 3.63) is 30.3 Å². The van der Waals surface area contributed by atoms with E-state index in [2.05, 4.69) is 5.32 Å². The van der Waals surface area contributed by atoms with Crippen LogP contribution >= 0.6 is 0 Å². The third-order valence-corrected chi connectivity index (χ3v) is 5.12. The quantitative estimate of drug-likeness (QED) is 0.920. The molecule has 0 bridgehead atoms. The number of benzene rings is 1. The largest absolute Gasteiger partial charge is 0.415 e. The number of rotatable bonds is 4. The zero-order valence-electron chi connectivity index (χ0n) is 14.4. The number of nitrogens with one attached hydrogen (secondary N) is 1. The van der Waals surface area contributed by atoms with Gasteiger partial charge in [0.15, 0.2) is 0 Å². The summed E-state index contributed by atoms with van der Waals surface area (Å²) in [5.74, 6) is 0.609. The molecule has 2 fully saturated rings. The molecule has 1 amide bonds. The maximum absolute atomic E-state index is 12.3. The van der Waals surface area contributed by atoms with Crippen LogP contribution in [-0.4, -0.2) is 49.4 Å². The fourth-order valence-corrected chi connectivity index (χ4v) is 3.74. The maximum atomic E-state index is 12.3. The van der Waals surface area contributed by atoms with E-state index in [4.69, 9.17) is 9.47 Å². The lowest BCUT2D eigenvalue weighted by atomic mass is 10.1. The fraction of sp³-hybridized carbons (Fsp3) is 0.632. The molecule has 1 N–H and O–H groups in total. The summed E-state index contributed by atoms with van der Waals surface area (Å²) < 4.78 is 10.9. The number of carbonyl (C=O) groups excluding carboxylic acids is 1. The number of methoxy groups -OCH3 is 1. The summed E-state index contributed by atoms with van der Waals surface area (Å²) in [4.78, 5) is 14.2. The summed E-state index contributed by atoms with van der Waals surface area (Å²) in [5.41, 5.74) is 0. The Hall–Kier alpha value is -1.59. The van der Waals surface area contributed by atoms with Crippen molar-refractivity contribution in [3.63, 3.8) is 0 Å². The fourth-order valence-electron chi connectivity index (χ4n) is 3.74. The molecule has 1 aromatic rings. The molecule has 0 unspecified atom stereocenters. The normalized spacial score (nSPS) is 27.7. The van der Waals surface area contributed by atoms with Crippen molar-refractivity contribution >= 4 is 6.09 Å². The van der Waals surface area contributed by atoms with Crippen LogP contribution in [0.25, 0.3) is 0 Å². The second-order valence-electron chi connectivity index (χ2n) is 6.83. The van der Waals surface area contributed by atoms with Crippen molar-refractivity contribution in [2.45, 2.75) is 56.7 Å². The lowest BCUT2D eigenvalue weighted by molar-refractivity contribution is 0.106. The first-order chi connectivity index (χ1) is 11.7. The van der Waals surface area contributed by atoms with E-state index >= 15 is 0 Å². The number of ether oxygens (including phenoxy) is 2. The molecule has 24 heavy (non-hydrogen) atoms. The third kappa shape index (κ3) is 4.71. The molecule has 2 aliphatic rings. The van der Waals surface area contributed by atoms with Crippen molar-refractivity contribution in [3.8, 4) is 5.75 Å². The minimum atomic E-state index is -0.234. The lowest BCUT2D eigenvalue weighted by Gasteiger charge is -2.22. The van der Waals surface area contributed by atoms with Gasteiger partial charge < -0.3 is 19.7 Å². The van der Waals surface area contributed by atoms with E-state index in [0.29, 0.717) is 23.9 Å². The highest BCUT2D eigenvalue weighted by Gasteiger charge is 2.28. The summed E-state index contributed by atoms with van der Waals surface area (Å²) in [6, 6.07) is 10.3. The number of likely N-dealkylation sites (tertiary alicyclic amines) is 1. The third-order valence-electron chi connectivity index (χ3n) is 5.12. The molecule has 1 saturated carbocycles. The van der Waals surface area contributed by atoms with Crippen LogP contribution in [0.2, 0.25) is 0 Å². The Bertz CT molecular complexity index is 523. The number of carbonyl (C=O) groups is 1. The second kappa shape index (κ2) is 8.49. The zero-order chi connectivity index (χ0) is 16.8. The van der Waals surface area contributed by atoms with Crippen LogP contribution in [0.15, 0.2) is 30.3 Å². The molecule has 1 saturated heterocycles. The van der Waals surface area contributed by atoms with Gasteiger partial charge in [-0.05, 0) is 50.7 Å². The Kier molecular flexibility index (Phi) is 6.10. The van der Waals surface area contributed by atoms with Gasteiger partial charge in [-0.15, -0.1) is 0 Å². The second-order valence-corrected chi connectivity index (χ2v) is 6.83. The Morgan fingerprint density at radius 2 is 1.92 bits per heavy atom. The van der Waals surface area contributed by atoms with Gasteiger partial charge in [-0.1, -0.05) is 18.2 Å². The summed E-state index contributed by atoms with van der Waals surface area (Å²) in [7, 11) is 1.80. The Morgan fingerprint density at radius 3 is 2.67 bits per heavy atom. The van der Waals surface area contributed by atoms with Gasteiger partial charge in [-0.2, -0.15) is 0 Å². The summed E-state index contributed by atoms with van der Waals surface area (Å²) in [6.07, 6.45) is 6.73. The zero-order valence-corrected chi connectivity index (χ0v) is 14.4. The first-order valence-corrected chi connectivity index (χ1v) is 9.05. The monoisotopic (exact) mass is 332 g/mol. The summed E-state index contributed by atoms with van der Waals surface area (Å²) >= 11 is 0. The van der Waals surface area contributed by atoms with E-state index in [1.807, 2.05) is 35.2 Å². The van der Waals surface area contributed by atoms with Crippen molar-refractivity contribution in [1.82, 2.24) is 10.2 Å². The van der Waals surface area contributed by atoms with Crippen molar-refractivity contribution in [2.75, 3.05) is 20.2 Å². The predicted octanol–water partition coefficient (Wildman–Crippen LogP) is 3.20. The van der Waals surface area contributed by atoms with Gasteiger partial charge in [-0.3, -0.25) is 0 Å². The average Bonchev–Trinajstić information content (AvgIpc) is 2.92. The van der Waals surface area contributed by atoms with E-state index in [-0.39, 0.29) is 6.09 Å². The Labute approximate surface area is 144 Å². The van der Waals surface area contributed by atoms with Crippen molar-refractivity contribution < 1.29 is 14.3 Å². The minimum Gasteiger partial charge on any atom is -0.410 e. The number of nitrogens with zero attached hydrogens (tertiary/aromatic N) is 1.